The first-order valence-electron chi connectivity index (χ1n) is 11.7. The molecule has 0 spiro atoms. The van der Waals surface area contributed by atoms with Crippen molar-refractivity contribution in [2.45, 2.75) is 64.0 Å². The molecule has 34 heavy (non-hydrogen) atoms. The predicted molar refractivity (Wildman–Crippen MR) is 126 cm³/mol. The molecule has 4 bridgehead atoms. The van der Waals surface area contributed by atoms with E-state index in [1.165, 1.54) is 7.05 Å². The Morgan fingerprint density at radius 2 is 1.94 bits per heavy atom. The molecule has 2 amide bonds. The molecule has 0 aliphatic heterocycles. The number of carbonyl (C=O) groups excluding carboxylic acids is 2. The third-order valence-corrected chi connectivity index (χ3v) is 8.36. The number of halogens is 1. The second-order valence-corrected chi connectivity index (χ2v) is 11.1. The van der Waals surface area contributed by atoms with Crippen LogP contribution in [0.4, 0.5) is 11.5 Å². The van der Waals surface area contributed by atoms with E-state index in [0.29, 0.717) is 35.0 Å². The molecule has 6 rings (SSSR count). The molecule has 2 heterocycles. The standard InChI is InChI=1S/C22H28BrN7O4/c1-3-28-11-16(18(26-28)20(32)24-2)25-17(31)9-21-5-13-4-14(6-21)8-22(7-13,12-21)29-10-15(23)19(27-29)30(33)34/h10-11,13-14H,3-9,12H2,1-2H3,(H,24,32)(H,25,31). The van der Waals surface area contributed by atoms with Gasteiger partial charge in [0.15, 0.2) is 5.69 Å². The average Bonchev–Trinajstić information content (AvgIpc) is 3.35. The smallest absolute Gasteiger partial charge is 0.358 e. The van der Waals surface area contributed by atoms with Gasteiger partial charge in [-0.25, -0.2) is 0 Å². The van der Waals surface area contributed by atoms with Gasteiger partial charge >= 0.3 is 5.82 Å². The lowest BCUT2D eigenvalue weighted by atomic mass is 9.46. The molecule has 2 aromatic rings. The van der Waals surface area contributed by atoms with Crippen molar-refractivity contribution in [2.24, 2.45) is 17.3 Å². The van der Waals surface area contributed by atoms with E-state index in [4.69, 9.17) is 0 Å². The van der Waals surface area contributed by atoms with Crippen molar-refractivity contribution >= 4 is 39.2 Å². The molecule has 2 aromatic heterocycles. The van der Waals surface area contributed by atoms with E-state index in [9.17, 15) is 19.7 Å². The molecule has 11 nitrogen and oxygen atoms in total. The molecule has 4 aliphatic carbocycles. The molecular weight excluding hydrogens is 506 g/mol. The molecular formula is C22H28BrN7O4. The van der Waals surface area contributed by atoms with Crippen LogP contribution in [0.1, 0.15) is 62.4 Å². The number of hydrogen-bond acceptors (Lipinski definition) is 6. The van der Waals surface area contributed by atoms with Crippen molar-refractivity contribution in [3.05, 3.63) is 32.7 Å². The summed E-state index contributed by atoms with van der Waals surface area (Å²) in [5.41, 5.74) is 0.127. The van der Waals surface area contributed by atoms with Crippen LogP contribution in [0.5, 0.6) is 0 Å². The van der Waals surface area contributed by atoms with Gasteiger partial charge in [0, 0.05) is 26.2 Å². The minimum Gasteiger partial charge on any atom is -0.358 e. The Balaban J connectivity index is 1.39. The van der Waals surface area contributed by atoms with Crippen LogP contribution < -0.4 is 10.6 Å². The van der Waals surface area contributed by atoms with Gasteiger partial charge in [-0.3, -0.25) is 14.3 Å². The highest BCUT2D eigenvalue weighted by molar-refractivity contribution is 9.10. The zero-order chi connectivity index (χ0) is 24.3. The SMILES string of the molecule is CCn1cc(NC(=O)CC23CC4CC(C2)CC(n2cc(Br)c([N+](=O)[O-])n2)(C4)C3)c(C(=O)NC)n1. The summed E-state index contributed by atoms with van der Waals surface area (Å²) in [4.78, 5) is 36.4. The molecule has 0 saturated heterocycles. The van der Waals surface area contributed by atoms with Gasteiger partial charge in [-0.2, -0.15) is 9.78 Å². The average molecular weight is 534 g/mol. The predicted octanol–water partition coefficient (Wildman–Crippen LogP) is 3.45. The van der Waals surface area contributed by atoms with Gasteiger partial charge in [-0.15, -0.1) is 0 Å². The number of aryl methyl sites for hydroxylation is 1. The lowest BCUT2D eigenvalue weighted by Crippen LogP contribution is -2.57. The van der Waals surface area contributed by atoms with Gasteiger partial charge in [0.2, 0.25) is 5.91 Å². The zero-order valence-electron chi connectivity index (χ0n) is 19.2. The molecule has 182 valence electrons. The van der Waals surface area contributed by atoms with Crippen LogP contribution in [0.15, 0.2) is 16.9 Å². The number of amides is 2. The normalized spacial score (nSPS) is 29.3. The zero-order valence-corrected chi connectivity index (χ0v) is 20.8. The first kappa shape index (κ1) is 23.0. The number of hydrogen-bond donors (Lipinski definition) is 2. The lowest BCUT2D eigenvalue weighted by molar-refractivity contribution is -0.390. The number of nitrogens with one attached hydrogen (secondary N) is 2. The van der Waals surface area contributed by atoms with E-state index in [-0.39, 0.29) is 34.3 Å². The Hall–Kier alpha value is -2.76. The minimum absolute atomic E-state index is 0.134. The van der Waals surface area contributed by atoms with Gasteiger partial charge in [-0.1, -0.05) is 0 Å². The fourth-order valence-electron chi connectivity index (χ4n) is 7.08. The maximum absolute atomic E-state index is 13.2. The fraction of sp³-hybridized carbons (Fsp3) is 0.636. The Kier molecular flexibility index (Phi) is 5.53. The van der Waals surface area contributed by atoms with Crippen LogP contribution in [-0.4, -0.2) is 43.3 Å². The Bertz CT molecular complexity index is 1160. The second kappa shape index (κ2) is 8.17. The Morgan fingerprint density at radius 1 is 1.24 bits per heavy atom. The first-order chi connectivity index (χ1) is 16.2. The largest absolute Gasteiger partial charge is 0.404 e. The van der Waals surface area contributed by atoms with Crippen molar-refractivity contribution in [1.82, 2.24) is 24.9 Å². The van der Waals surface area contributed by atoms with E-state index in [1.807, 2.05) is 6.92 Å². The summed E-state index contributed by atoms with van der Waals surface area (Å²) in [6.45, 7) is 2.50. The lowest BCUT2D eigenvalue weighted by Gasteiger charge is -2.61. The molecule has 4 fully saturated rings. The molecule has 2 N–H and O–H groups in total. The summed E-state index contributed by atoms with van der Waals surface area (Å²) in [5.74, 6) is 0.297. The van der Waals surface area contributed by atoms with Crippen molar-refractivity contribution in [2.75, 3.05) is 12.4 Å². The van der Waals surface area contributed by atoms with Gasteiger partial charge in [0.1, 0.15) is 4.47 Å². The van der Waals surface area contributed by atoms with Crippen molar-refractivity contribution < 1.29 is 14.5 Å². The molecule has 4 saturated carbocycles. The number of aromatic nitrogens is 4. The van der Waals surface area contributed by atoms with Crippen LogP contribution in [-0.2, 0) is 16.9 Å². The molecule has 2 atom stereocenters. The van der Waals surface area contributed by atoms with Crippen molar-refractivity contribution in [3.63, 3.8) is 0 Å². The first-order valence-corrected chi connectivity index (χ1v) is 12.4. The van der Waals surface area contributed by atoms with Gasteiger partial charge in [-0.05, 0) is 83.6 Å². The van der Waals surface area contributed by atoms with Gasteiger partial charge in [0.05, 0.1) is 22.5 Å². The van der Waals surface area contributed by atoms with E-state index in [2.05, 4.69) is 36.8 Å². The third-order valence-electron chi connectivity index (χ3n) is 7.80. The maximum atomic E-state index is 13.2. The Labute approximate surface area is 204 Å². The number of nitro groups is 1. The maximum Gasteiger partial charge on any atom is 0.404 e. The number of rotatable bonds is 7. The van der Waals surface area contributed by atoms with Crippen LogP contribution in [0.3, 0.4) is 0 Å². The quantitative estimate of drug-likeness (QED) is 0.413. The highest BCUT2D eigenvalue weighted by Crippen LogP contribution is 2.65. The summed E-state index contributed by atoms with van der Waals surface area (Å²) < 4.78 is 3.81. The van der Waals surface area contributed by atoms with Gasteiger partial charge in [0.25, 0.3) is 5.91 Å². The second-order valence-electron chi connectivity index (χ2n) is 10.2. The van der Waals surface area contributed by atoms with Crippen LogP contribution in [0.2, 0.25) is 0 Å². The summed E-state index contributed by atoms with van der Waals surface area (Å²) in [7, 11) is 1.53. The molecule has 4 aliphatic rings. The topological polar surface area (TPSA) is 137 Å². The van der Waals surface area contributed by atoms with Crippen molar-refractivity contribution in [3.8, 4) is 0 Å². The van der Waals surface area contributed by atoms with E-state index >= 15 is 0 Å². The summed E-state index contributed by atoms with van der Waals surface area (Å²) in [6, 6.07) is 0. The van der Waals surface area contributed by atoms with Crippen LogP contribution in [0.25, 0.3) is 0 Å². The monoisotopic (exact) mass is 533 g/mol. The highest BCUT2D eigenvalue weighted by Gasteiger charge is 2.60. The van der Waals surface area contributed by atoms with E-state index in [1.54, 1.807) is 21.8 Å². The van der Waals surface area contributed by atoms with Crippen molar-refractivity contribution in [1.29, 1.82) is 0 Å². The van der Waals surface area contributed by atoms with Crippen LogP contribution >= 0.6 is 15.9 Å². The number of nitrogens with zero attached hydrogens (tertiary/aromatic N) is 5. The molecule has 0 radical (unpaired) electrons. The number of anilines is 1. The Morgan fingerprint density at radius 3 is 2.53 bits per heavy atom. The summed E-state index contributed by atoms with van der Waals surface area (Å²) in [5, 5.41) is 25.5. The summed E-state index contributed by atoms with van der Waals surface area (Å²) in [6.07, 6.45) is 9.47. The van der Waals surface area contributed by atoms with Gasteiger partial charge < -0.3 is 20.7 Å². The molecule has 2 unspecified atom stereocenters. The highest BCUT2D eigenvalue weighted by atomic mass is 79.9. The summed E-state index contributed by atoms with van der Waals surface area (Å²) >= 11 is 3.29. The van der Waals surface area contributed by atoms with E-state index in [0.717, 1.165) is 38.5 Å². The number of carbonyl (C=O) groups is 2. The third kappa shape index (κ3) is 3.81. The fourth-order valence-corrected chi connectivity index (χ4v) is 7.50. The molecule has 0 aromatic carbocycles. The molecule has 12 heteroatoms. The van der Waals surface area contributed by atoms with Crippen LogP contribution in [0, 0.1) is 27.4 Å². The minimum atomic E-state index is -0.467. The van der Waals surface area contributed by atoms with E-state index < -0.39 is 4.92 Å².